The molecule has 0 aliphatic rings. The van der Waals surface area contributed by atoms with E-state index in [9.17, 15) is 12.6 Å². The lowest BCUT2D eigenvalue weighted by molar-refractivity contribution is 0.611. The van der Waals surface area contributed by atoms with Crippen LogP contribution in [0.2, 0.25) is 10.0 Å². The van der Waals surface area contributed by atoms with Crippen molar-refractivity contribution < 1.29 is 12.6 Å². The summed E-state index contributed by atoms with van der Waals surface area (Å²) in [4.78, 5) is 0.0680. The number of rotatable bonds is 3. The molecule has 0 heterocycles. The minimum Gasteiger partial charge on any atom is -0.244 e. The molecule has 17 heavy (non-hydrogen) atoms. The molecule has 1 aromatic rings. The molecule has 0 aromatic heterocycles. The highest BCUT2D eigenvalue weighted by atomic mass is 35.7. The quantitative estimate of drug-likeness (QED) is 0.795. The van der Waals surface area contributed by atoms with E-state index in [0.29, 0.717) is 0 Å². The molecule has 96 valence electrons. The Labute approximate surface area is 115 Å². The van der Waals surface area contributed by atoms with Gasteiger partial charge in [-0.25, -0.2) is 4.21 Å². The van der Waals surface area contributed by atoms with Crippen LogP contribution in [0, 0.1) is 0 Å². The monoisotopic (exact) mass is 335 g/mol. The maximum atomic E-state index is 12.4. The number of hydrogen-bond acceptors (Lipinski definition) is 3. The Morgan fingerprint density at radius 1 is 1.24 bits per heavy atom. The first kappa shape index (κ1) is 15.0. The predicted octanol–water partition coefficient (Wildman–Crippen LogP) is 3.32. The van der Waals surface area contributed by atoms with Crippen molar-refractivity contribution in [3.8, 4) is 0 Å². The highest BCUT2D eigenvalue weighted by molar-refractivity contribution is 8.17. The molecule has 0 saturated heterocycles. The third kappa shape index (κ3) is 3.99. The van der Waals surface area contributed by atoms with E-state index in [1.54, 1.807) is 0 Å². The van der Waals surface area contributed by atoms with Crippen LogP contribution in [-0.4, -0.2) is 18.4 Å². The summed E-state index contributed by atoms with van der Waals surface area (Å²) in [6.07, 6.45) is 0. The molecule has 1 atom stereocenters. The molecule has 0 spiro atoms. The zero-order chi connectivity index (χ0) is 13.3. The van der Waals surface area contributed by atoms with Crippen molar-refractivity contribution in [2.45, 2.75) is 11.8 Å². The molecule has 9 heteroatoms. The van der Waals surface area contributed by atoms with E-state index >= 15 is 0 Å². The molecule has 1 rings (SSSR count). The SMILES string of the molecule is CCS(=O)(=NS(=O)(=O)Cl)c1cc(Cl)ccc1Cl. The first-order valence-electron chi connectivity index (χ1n) is 4.34. The van der Waals surface area contributed by atoms with Crippen LogP contribution in [0.4, 0.5) is 0 Å². The minimum absolute atomic E-state index is 0.0426. The molecular formula is C8H8Cl3NO3S2. The van der Waals surface area contributed by atoms with Gasteiger partial charge in [-0.1, -0.05) is 33.9 Å². The zero-order valence-corrected chi connectivity index (χ0v) is 12.5. The molecule has 0 N–H and O–H groups in total. The van der Waals surface area contributed by atoms with Crippen molar-refractivity contribution in [1.29, 1.82) is 0 Å². The number of benzene rings is 1. The highest BCUT2D eigenvalue weighted by Gasteiger charge is 2.18. The summed E-state index contributed by atoms with van der Waals surface area (Å²) in [5, 5.41) is 0.415. The standard InChI is InChI=1S/C8H8Cl3NO3S2/c1-2-16(13,12-17(11,14)15)8-5-6(9)3-4-7(8)10/h3-5H,2H2,1H3. The van der Waals surface area contributed by atoms with E-state index in [0.717, 1.165) is 0 Å². The van der Waals surface area contributed by atoms with E-state index in [-0.39, 0.29) is 20.7 Å². The molecule has 0 amide bonds. The highest BCUT2D eigenvalue weighted by Crippen LogP contribution is 2.28. The van der Waals surface area contributed by atoms with Gasteiger partial charge in [-0.05, 0) is 18.2 Å². The van der Waals surface area contributed by atoms with Crippen molar-refractivity contribution in [2.24, 2.45) is 3.77 Å². The number of nitrogens with zero attached hydrogens (tertiary/aromatic N) is 1. The Morgan fingerprint density at radius 2 is 1.82 bits per heavy atom. The van der Waals surface area contributed by atoms with Crippen molar-refractivity contribution in [3.63, 3.8) is 0 Å². The second-order valence-electron chi connectivity index (χ2n) is 2.99. The van der Waals surface area contributed by atoms with Gasteiger partial charge < -0.3 is 0 Å². The molecule has 0 fully saturated rings. The summed E-state index contributed by atoms with van der Waals surface area (Å²) in [5.74, 6) is -0.0426. The van der Waals surface area contributed by atoms with Gasteiger partial charge in [-0.2, -0.15) is 8.42 Å². The molecular weight excluding hydrogens is 329 g/mol. The smallest absolute Gasteiger partial charge is 0.244 e. The molecule has 0 saturated carbocycles. The van der Waals surface area contributed by atoms with Gasteiger partial charge in [-0.3, -0.25) is 0 Å². The molecule has 0 bridgehead atoms. The van der Waals surface area contributed by atoms with Crippen LogP contribution in [0.25, 0.3) is 0 Å². The Balaban J connectivity index is 3.64. The average molecular weight is 337 g/mol. The predicted molar refractivity (Wildman–Crippen MR) is 70.6 cm³/mol. The first-order chi connectivity index (χ1) is 7.68. The van der Waals surface area contributed by atoms with E-state index in [1.165, 1.54) is 25.1 Å². The zero-order valence-electron chi connectivity index (χ0n) is 8.56. The van der Waals surface area contributed by atoms with Gasteiger partial charge in [-0.15, -0.1) is 0 Å². The summed E-state index contributed by atoms with van der Waals surface area (Å²) in [6.45, 7) is 1.52. The van der Waals surface area contributed by atoms with Gasteiger partial charge in [0.15, 0.2) is 0 Å². The van der Waals surface area contributed by atoms with Crippen molar-refractivity contribution in [1.82, 2.24) is 0 Å². The molecule has 0 aliphatic heterocycles. The molecule has 1 unspecified atom stereocenters. The van der Waals surface area contributed by atoms with Gasteiger partial charge in [0.2, 0.25) is 0 Å². The van der Waals surface area contributed by atoms with Gasteiger partial charge in [0.05, 0.1) is 19.6 Å². The summed E-state index contributed by atoms with van der Waals surface area (Å²) < 4.78 is 37.4. The Bertz CT molecular complexity index is 648. The van der Waals surface area contributed by atoms with Crippen molar-refractivity contribution in [3.05, 3.63) is 28.2 Å². The second kappa shape index (κ2) is 5.32. The number of halogens is 3. The van der Waals surface area contributed by atoms with Crippen LogP contribution in [0.1, 0.15) is 6.92 Å². The van der Waals surface area contributed by atoms with Crippen LogP contribution < -0.4 is 0 Å². The molecule has 0 aliphatic carbocycles. The van der Waals surface area contributed by atoms with Crippen LogP contribution in [-0.2, 0) is 19.0 Å². The van der Waals surface area contributed by atoms with Gasteiger partial charge >= 0.3 is 9.24 Å². The Hall–Kier alpha value is -0.0100. The Morgan fingerprint density at radius 3 is 2.29 bits per heavy atom. The fraction of sp³-hybridized carbons (Fsp3) is 0.250. The second-order valence-corrected chi connectivity index (χ2v) is 8.72. The maximum absolute atomic E-state index is 12.4. The minimum atomic E-state index is -4.25. The first-order valence-corrected chi connectivity index (χ1v) is 9.04. The lowest BCUT2D eigenvalue weighted by atomic mass is 10.4. The van der Waals surface area contributed by atoms with Crippen LogP contribution in [0.15, 0.2) is 26.9 Å². The lowest BCUT2D eigenvalue weighted by Gasteiger charge is -2.08. The largest absolute Gasteiger partial charge is 0.347 e. The molecule has 4 nitrogen and oxygen atoms in total. The molecule has 1 aromatic carbocycles. The van der Waals surface area contributed by atoms with Gasteiger partial charge in [0.25, 0.3) is 0 Å². The maximum Gasteiger partial charge on any atom is 0.347 e. The van der Waals surface area contributed by atoms with E-state index in [1.807, 2.05) is 0 Å². The summed E-state index contributed by atoms with van der Waals surface area (Å²) in [6, 6.07) is 4.24. The summed E-state index contributed by atoms with van der Waals surface area (Å²) in [7, 11) is -2.49. The summed E-state index contributed by atoms with van der Waals surface area (Å²) in [5.41, 5.74) is 0. The van der Waals surface area contributed by atoms with Gasteiger partial charge in [0, 0.05) is 21.5 Å². The summed E-state index contributed by atoms with van der Waals surface area (Å²) >= 11 is 11.6. The average Bonchev–Trinajstić information content (AvgIpc) is 2.19. The van der Waals surface area contributed by atoms with Crippen molar-refractivity contribution >= 4 is 52.9 Å². The van der Waals surface area contributed by atoms with Crippen LogP contribution >= 0.6 is 33.9 Å². The lowest BCUT2D eigenvalue weighted by Crippen LogP contribution is -2.06. The van der Waals surface area contributed by atoms with Crippen LogP contribution in [0.5, 0.6) is 0 Å². The fourth-order valence-electron chi connectivity index (χ4n) is 1.11. The van der Waals surface area contributed by atoms with Crippen molar-refractivity contribution in [2.75, 3.05) is 5.75 Å². The van der Waals surface area contributed by atoms with E-state index < -0.39 is 19.0 Å². The normalized spacial score (nSPS) is 15.3. The van der Waals surface area contributed by atoms with Gasteiger partial charge in [0.1, 0.15) is 0 Å². The third-order valence-corrected chi connectivity index (χ3v) is 6.50. The van der Waals surface area contributed by atoms with E-state index in [4.69, 9.17) is 33.9 Å². The number of hydrogen-bond donors (Lipinski definition) is 0. The fourth-order valence-corrected chi connectivity index (χ4v) is 5.54. The topological polar surface area (TPSA) is 63.6 Å². The Kier molecular flexibility index (Phi) is 4.71. The molecule has 0 radical (unpaired) electrons. The van der Waals surface area contributed by atoms with E-state index in [2.05, 4.69) is 3.77 Å². The van der Waals surface area contributed by atoms with Crippen LogP contribution in [0.3, 0.4) is 0 Å². The third-order valence-electron chi connectivity index (χ3n) is 1.84.